The zero-order valence-corrected chi connectivity index (χ0v) is 23.3. The van der Waals surface area contributed by atoms with Crippen LogP contribution in [0.1, 0.15) is 11.1 Å². The van der Waals surface area contributed by atoms with E-state index in [9.17, 15) is 9.59 Å². The van der Waals surface area contributed by atoms with Crippen LogP contribution in [0.2, 0.25) is 10.0 Å². The summed E-state index contributed by atoms with van der Waals surface area (Å²) in [5, 5.41) is 6.86. The van der Waals surface area contributed by atoms with Crippen LogP contribution in [0.25, 0.3) is 23.3 Å². The average molecular weight is 573 g/mol. The van der Waals surface area contributed by atoms with Crippen LogP contribution >= 0.6 is 23.2 Å². The number of carbonyl (C=O) groups excluding carboxylic acids is 2. The van der Waals surface area contributed by atoms with Crippen LogP contribution in [0, 0.1) is 0 Å². The Kier molecular flexibility index (Phi) is 9.62. The van der Waals surface area contributed by atoms with E-state index in [-0.39, 0.29) is 11.8 Å². The topological polar surface area (TPSA) is 76.7 Å². The Hall–Kier alpha value is -4.52. The highest BCUT2D eigenvalue weighted by molar-refractivity contribution is 6.31. The molecule has 0 aliphatic heterocycles. The van der Waals surface area contributed by atoms with Gasteiger partial charge in [0.25, 0.3) is 0 Å². The van der Waals surface area contributed by atoms with E-state index >= 15 is 0 Å². The Morgan fingerprint density at radius 3 is 1.43 bits per heavy atom. The highest BCUT2D eigenvalue weighted by Crippen LogP contribution is 2.35. The summed E-state index contributed by atoms with van der Waals surface area (Å²) in [4.78, 5) is 25.0. The molecule has 8 heteroatoms. The Morgan fingerprint density at radius 1 is 0.625 bits per heavy atom. The van der Waals surface area contributed by atoms with E-state index in [4.69, 9.17) is 32.7 Å². The molecule has 0 radical (unpaired) electrons. The Balaban J connectivity index is 1.46. The fourth-order valence-electron chi connectivity index (χ4n) is 3.86. The highest BCUT2D eigenvalue weighted by atomic mass is 35.5. The monoisotopic (exact) mass is 572 g/mol. The second-order valence-corrected chi connectivity index (χ2v) is 9.46. The predicted octanol–water partition coefficient (Wildman–Crippen LogP) is 7.98. The molecule has 0 atom stereocenters. The molecule has 0 aromatic heterocycles. The number of amides is 2. The van der Waals surface area contributed by atoms with Crippen molar-refractivity contribution in [3.63, 3.8) is 0 Å². The first-order valence-electron chi connectivity index (χ1n) is 12.2. The molecule has 202 valence electrons. The zero-order valence-electron chi connectivity index (χ0n) is 21.8. The van der Waals surface area contributed by atoms with Crippen LogP contribution in [-0.4, -0.2) is 26.0 Å². The molecule has 0 spiro atoms. The maximum absolute atomic E-state index is 12.5. The van der Waals surface area contributed by atoms with Crippen molar-refractivity contribution >= 4 is 58.5 Å². The molecule has 0 aliphatic carbocycles. The lowest BCUT2D eigenvalue weighted by molar-refractivity contribution is -0.112. The normalized spacial score (nSPS) is 11.0. The fourth-order valence-corrected chi connectivity index (χ4v) is 4.26. The number of nitrogens with one attached hydrogen (secondary N) is 2. The van der Waals surface area contributed by atoms with E-state index in [0.29, 0.717) is 32.9 Å². The molecular weight excluding hydrogens is 547 g/mol. The van der Waals surface area contributed by atoms with Crippen LogP contribution in [0.3, 0.4) is 0 Å². The first-order valence-corrected chi connectivity index (χ1v) is 13.0. The first kappa shape index (κ1) is 28.5. The van der Waals surface area contributed by atoms with Crippen LogP contribution in [0.4, 0.5) is 11.4 Å². The molecule has 0 fully saturated rings. The van der Waals surface area contributed by atoms with Gasteiger partial charge in [-0.05, 0) is 82.9 Å². The van der Waals surface area contributed by atoms with Gasteiger partial charge in [-0.15, -0.1) is 0 Å². The van der Waals surface area contributed by atoms with Gasteiger partial charge < -0.3 is 20.1 Å². The van der Waals surface area contributed by atoms with Gasteiger partial charge in [-0.2, -0.15) is 0 Å². The van der Waals surface area contributed by atoms with Crippen molar-refractivity contribution in [3.05, 3.63) is 118 Å². The molecule has 0 aliphatic rings. The van der Waals surface area contributed by atoms with Gasteiger partial charge in [0.15, 0.2) is 0 Å². The molecule has 4 aromatic carbocycles. The lowest BCUT2D eigenvalue weighted by atomic mass is 10.0. The van der Waals surface area contributed by atoms with Crippen LogP contribution in [0.15, 0.2) is 97.1 Å². The SMILES string of the molecule is COc1cc(-c2ccc(NC(=O)C=Cc3cccc(Cl)c3)c(OC)c2)ccc1NC(=O)C=Cc1cccc(Cl)c1. The molecule has 0 bridgehead atoms. The molecular formula is C32H26Cl2N2O4. The van der Waals surface area contributed by atoms with Crippen molar-refractivity contribution < 1.29 is 19.1 Å². The molecule has 0 saturated carbocycles. The highest BCUT2D eigenvalue weighted by Gasteiger charge is 2.12. The third-order valence-electron chi connectivity index (χ3n) is 5.80. The third-order valence-corrected chi connectivity index (χ3v) is 6.27. The molecule has 4 rings (SSSR count). The molecule has 4 aromatic rings. The number of methoxy groups -OCH3 is 2. The summed E-state index contributed by atoms with van der Waals surface area (Å²) < 4.78 is 11.1. The standard InChI is InChI=1S/C32H26Cl2N2O4/c1-39-29-19-23(11-13-27(29)35-31(37)15-9-21-5-3-7-25(33)17-21)24-12-14-28(30(20-24)40-2)36-32(38)16-10-22-6-4-8-26(34)18-22/h3-20H,1-2H3,(H,35,37)(H,36,38). The second kappa shape index (κ2) is 13.5. The van der Waals surface area contributed by atoms with E-state index in [1.807, 2.05) is 48.5 Å². The van der Waals surface area contributed by atoms with Crippen molar-refractivity contribution in [2.24, 2.45) is 0 Å². The van der Waals surface area contributed by atoms with Crippen LogP contribution in [0.5, 0.6) is 11.5 Å². The van der Waals surface area contributed by atoms with E-state index in [1.54, 1.807) is 48.6 Å². The fraction of sp³-hybridized carbons (Fsp3) is 0.0625. The number of rotatable bonds is 9. The number of carbonyl (C=O) groups is 2. The van der Waals surface area contributed by atoms with Crippen LogP contribution in [-0.2, 0) is 9.59 Å². The van der Waals surface area contributed by atoms with Crippen molar-refractivity contribution in [2.75, 3.05) is 24.9 Å². The summed E-state index contributed by atoms with van der Waals surface area (Å²) in [5.74, 6) is 0.364. The molecule has 2 amide bonds. The minimum Gasteiger partial charge on any atom is -0.495 e. The van der Waals surface area contributed by atoms with Gasteiger partial charge in [0.05, 0.1) is 25.6 Å². The van der Waals surface area contributed by atoms with Crippen molar-refractivity contribution in [3.8, 4) is 22.6 Å². The molecule has 6 nitrogen and oxygen atoms in total. The predicted molar refractivity (Wildman–Crippen MR) is 163 cm³/mol. The Morgan fingerprint density at radius 2 is 1.05 bits per heavy atom. The molecule has 0 heterocycles. The minimum atomic E-state index is -0.308. The van der Waals surface area contributed by atoms with Gasteiger partial charge in [0.1, 0.15) is 11.5 Å². The summed E-state index contributed by atoms with van der Waals surface area (Å²) in [6.07, 6.45) is 6.23. The largest absolute Gasteiger partial charge is 0.495 e. The quantitative estimate of drug-likeness (QED) is 0.199. The van der Waals surface area contributed by atoms with Gasteiger partial charge in [0, 0.05) is 22.2 Å². The van der Waals surface area contributed by atoms with E-state index in [0.717, 1.165) is 22.3 Å². The Labute approximate surface area is 242 Å². The Bertz CT molecular complexity index is 1480. The zero-order chi connectivity index (χ0) is 28.5. The molecule has 0 saturated heterocycles. The number of ether oxygens (including phenoxy) is 2. The number of halogens is 2. The first-order chi connectivity index (χ1) is 19.3. The van der Waals surface area contributed by atoms with E-state index in [2.05, 4.69) is 10.6 Å². The van der Waals surface area contributed by atoms with Gasteiger partial charge in [-0.1, -0.05) is 59.6 Å². The van der Waals surface area contributed by atoms with Gasteiger partial charge >= 0.3 is 0 Å². The summed E-state index contributed by atoms with van der Waals surface area (Å²) in [6, 6.07) is 25.3. The number of hydrogen-bond acceptors (Lipinski definition) is 4. The minimum absolute atomic E-state index is 0.308. The van der Waals surface area contributed by atoms with Gasteiger partial charge in [0.2, 0.25) is 11.8 Å². The average Bonchev–Trinajstić information content (AvgIpc) is 2.95. The lowest BCUT2D eigenvalue weighted by Gasteiger charge is -2.14. The van der Waals surface area contributed by atoms with Gasteiger partial charge in [-0.25, -0.2) is 0 Å². The number of anilines is 2. The maximum Gasteiger partial charge on any atom is 0.248 e. The van der Waals surface area contributed by atoms with Crippen molar-refractivity contribution in [2.45, 2.75) is 0 Å². The summed E-state index contributed by atoms with van der Waals surface area (Å²) in [7, 11) is 3.07. The maximum atomic E-state index is 12.5. The van der Waals surface area contributed by atoms with Crippen molar-refractivity contribution in [1.29, 1.82) is 0 Å². The molecule has 0 unspecified atom stereocenters. The number of benzene rings is 4. The van der Waals surface area contributed by atoms with E-state index < -0.39 is 0 Å². The van der Waals surface area contributed by atoms with Gasteiger partial charge in [-0.3, -0.25) is 9.59 Å². The van der Waals surface area contributed by atoms with E-state index in [1.165, 1.54) is 26.4 Å². The molecule has 40 heavy (non-hydrogen) atoms. The summed E-state index contributed by atoms with van der Waals surface area (Å²) in [6.45, 7) is 0. The summed E-state index contributed by atoms with van der Waals surface area (Å²) >= 11 is 12.0. The molecule has 2 N–H and O–H groups in total. The summed E-state index contributed by atoms with van der Waals surface area (Å²) in [5.41, 5.74) is 4.35. The second-order valence-electron chi connectivity index (χ2n) is 8.59. The smallest absolute Gasteiger partial charge is 0.248 e. The number of hydrogen-bond donors (Lipinski definition) is 2. The van der Waals surface area contributed by atoms with Crippen molar-refractivity contribution in [1.82, 2.24) is 0 Å². The third kappa shape index (κ3) is 7.76. The lowest BCUT2D eigenvalue weighted by Crippen LogP contribution is -2.09. The van der Waals surface area contributed by atoms with Crippen LogP contribution < -0.4 is 20.1 Å².